The number of aromatic nitrogens is 3. The van der Waals surface area contributed by atoms with Crippen LogP contribution in [0.4, 0.5) is 5.69 Å². The second kappa shape index (κ2) is 8.47. The minimum absolute atomic E-state index is 0.151. The number of fused-ring (bicyclic) bond motifs is 2. The molecule has 0 aliphatic heterocycles. The maximum Gasteiger partial charge on any atom is 0.249 e. The van der Waals surface area contributed by atoms with E-state index in [9.17, 15) is 9.59 Å². The van der Waals surface area contributed by atoms with E-state index in [1.54, 1.807) is 24.5 Å². The van der Waals surface area contributed by atoms with Crippen LogP contribution in [-0.4, -0.2) is 26.8 Å². The number of benzene rings is 2. The van der Waals surface area contributed by atoms with E-state index in [1.807, 2.05) is 60.8 Å². The molecular weight excluding hydrogens is 414 g/mol. The normalized spacial score (nSPS) is 11.7. The zero-order chi connectivity index (χ0) is 22.8. The van der Waals surface area contributed by atoms with E-state index < -0.39 is 5.91 Å². The van der Waals surface area contributed by atoms with Crippen molar-refractivity contribution in [3.63, 3.8) is 0 Å². The van der Waals surface area contributed by atoms with Crippen molar-refractivity contribution in [1.82, 2.24) is 15.0 Å². The summed E-state index contributed by atoms with van der Waals surface area (Å²) in [5.74, 6) is -0.689. The first kappa shape index (κ1) is 20.3. The number of carbonyl (C=O) groups excluding carboxylic acids is 2. The van der Waals surface area contributed by atoms with E-state index in [0.29, 0.717) is 33.4 Å². The molecule has 5 rings (SSSR count). The van der Waals surface area contributed by atoms with Crippen molar-refractivity contribution in [2.24, 2.45) is 5.73 Å². The van der Waals surface area contributed by atoms with Crippen LogP contribution in [-0.2, 0) is 16.0 Å². The molecule has 0 aliphatic rings. The molecule has 7 nitrogen and oxygen atoms in total. The fourth-order valence-corrected chi connectivity index (χ4v) is 4.01. The molecule has 0 bridgehead atoms. The van der Waals surface area contributed by atoms with Crippen LogP contribution in [0.1, 0.15) is 16.7 Å². The number of hydrogen-bond donors (Lipinski definition) is 4. The first-order valence-electron chi connectivity index (χ1n) is 10.5. The third-order valence-electron chi connectivity index (χ3n) is 5.55. The van der Waals surface area contributed by atoms with Gasteiger partial charge in [0.1, 0.15) is 5.65 Å². The summed E-state index contributed by atoms with van der Waals surface area (Å²) < 4.78 is 0. The summed E-state index contributed by atoms with van der Waals surface area (Å²) in [6.07, 6.45) is 7.17. The number of nitrogens with one attached hydrogen (secondary N) is 3. The molecule has 0 fully saturated rings. The van der Waals surface area contributed by atoms with Gasteiger partial charge in [0.25, 0.3) is 0 Å². The summed E-state index contributed by atoms with van der Waals surface area (Å²) in [5.41, 5.74) is 10.6. The lowest BCUT2D eigenvalue weighted by Gasteiger charge is -2.08. The molecule has 3 aromatic heterocycles. The highest BCUT2D eigenvalue weighted by Crippen LogP contribution is 2.29. The molecule has 33 heavy (non-hydrogen) atoms. The smallest absolute Gasteiger partial charge is 0.249 e. The molecule has 0 radical (unpaired) electrons. The van der Waals surface area contributed by atoms with E-state index in [1.165, 1.54) is 0 Å². The van der Waals surface area contributed by atoms with Gasteiger partial charge < -0.3 is 21.0 Å². The third-order valence-corrected chi connectivity index (χ3v) is 5.55. The second-order valence-corrected chi connectivity index (χ2v) is 7.70. The van der Waals surface area contributed by atoms with Crippen LogP contribution in [0, 0.1) is 0 Å². The Labute approximate surface area is 189 Å². The Balaban J connectivity index is 1.49. The van der Waals surface area contributed by atoms with Crippen molar-refractivity contribution in [2.75, 3.05) is 5.32 Å². The zero-order valence-corrected chi connectivity index (χ0v) is 17.6. The lowest BCUT2D eigenvalue weighted by atomic mass is 10.0. The average Bonchev–Trinajstić information content (AvgIpc) is 3.43. The van der Waals surface area contributed by atoms with E-state index in [2.05, 4.69) is 20.3 Å². The predicted octanol–water partition coefficient (Wildman–Crippen LogP) is 4.25. The van der Waals surface area contributed by atoms with Gasteiger partial charge in [0.2, 0.25) is 11.8 Å². The monoisotopic (exact) mass is 435 g/mol. The molecule has 0 saturated heterocycles. The SMILES string of the molecule is NC(=O)C(=Cc1c[nH]c2nccc(NC(=O)Cc3c[nH]c4ccccc34)c12)c1ccccc1. The first-order valence-corrected chi connectivity index (χ1v) is 10.5. The topological polar surface area (TPSA) is 117 Å². The van der Waals surface area contributed by atoms with E-state index >= 15 is 0 Å². The standard InChI is InChI=1S/C26H21N5O2/c27-25(33)20(16-6-2-1-3-7-16)12-18-15-30-26-24(18)22(10-11-28-26)31-23(32)13-17-14-29-21-9-5-4-8-19(17)21/h1-12,14-15,29H,13H2,(H2,27,33)(H2,28,30,31,32). The molecule has 7 heteroatoms. The molecule has 0 saturated carbocycles. The average molecular weight is 435 g/mol. The van der Waals surface area contributed by atoms with Gasteiger partial charge in [0, 0.05) is 46.0 Å². The van der Waals surface area contributed by atoms with Crippen LogP contribution in [0.25, 0.3) is 33.6 Å². The van der Waals surface area contributed by atoms with E-state index in [-0.39, 0.29) is 12.3 Å². The number of carbonyl (C=O) groups is 2. The number of pyridine rings is 1. The van der Waals surface area contributed by atoms with E-state index in [0.717, 1.165) is 16.5 Å². The quantitative estimate of drug-likeness (QED) is 0.299. The largest absolute Gasteiger partial charge is 0.366 e. The summed E-state index contributed by atoms with van der Waals surface area (Å²) in [4.78, 5) is 35.7. The van der Waals surface area contributed by atoms with Gasteiger partial charge in [-0.1, -0.05) is 48.5 Å². The van der Waals surface area contributed by atoms with Crippen LogP contribution >= 0.6 is 0 Å². The number of primary amides is 1. The lowest BCUT2D eigenvalue weighted by molar-refractivity contribution is -0.115. The molecular formula is C26H21N5O2. The molecule has 3 heterocycles. The molecule has 5 aromatic rings. The minimum atomic E-state index is -0.538. The molecule has 0 spiro atoms. The summed E-state index contributed by atoms with van der Waals surface area (Å²) in [5, 5.41) is 4.73. The molecule has 162 valence electrons. The number of nitrogens with zero attached hydrogens (tertiary/aromatic N) is 1. The van der Waals surface area contributed by atoms with Gasteiger partial charge in [0.15, 0.2) is 0 Å². The van der Waals surface area contributed by atoms with Crippen LogP contribution in [0.15, 0.2) is 79.3 Å². The van der Waals surface area contributed by atoms with E-state index in [4.69, 9.17) is 5.73 Å². The summed E-state index contributed by atoms with van der Waals surface area (Å²) in [6, 6.07) is 18.8. The van der Waals surface area contributed by atoms with Crippen molar-refractivity contribution in [3.05, 3.63) is 95.9 Å². The number of aromatic amines is 2. The fourth-order valence-electron chi connectivity index (χ4n) is 4.01. The molecule has 0 atom stereocenters. The Hall–Kier alpha value is -4.65. The zero-order valence-electron chi connectivity index (χ0n) is 17.6. The molecule has 0 aliphatic carbocycles. The molecule has 0 unspecified atom stereocenters. The van der Waals surface area contributed by atoms with Gasteiger partial charge in [-0.2, -0.15) is 0 Å². The van der Waals surface area contributed by atoms with Gasteiger partial charge in [-0.25, -0.2) is 4.98 Å². The van der Waals surface area contributed by atoms with Crippen molar-refractivity contribution in [2.45, 2.75) is 6.42 Å². The van der Waals surface area contributed by atoms with Gasteiger partial charge in [0.05, 0.1) is 12.1 Å². The highest BCUT2D eigenvalue weighted by Gasteiger charge is 2.15. The first-order chi connectivity index (χ1) is 16.1. The maximum atomic E-state index is 12.9. The van der Waals surface area contributed by atoms with Crippen molar-refractivity contribution >= 4 is 51.1 Å². The van der Waals surface area contributed by atoms with Crippen molar-refractivity contribution in [3.8, 4) is 0 Å². The summed E-state index contributed by atoms with van der Waals surface area (Å²) >= 11 is 0. The van der Waals surface area contributed by atoms with Gasteiger partial charge >= 0.3 is 0 Å². The third kappa shape index (κ3) is 3.99. The predicted molar refractivity (Wildman–Crippen MR) is 130 cm³/mol. The van der Waals surface area contributed by atoms with Crippen molar-refractivity contribution in [1.29, 1.82) is 0 Å². The number of nitrogens with two attached hydrogens (primary N) is 1. The highest BCUT2D eigenvalue weighted by molar-refractivity contribution is 6.24. The number of amides is 2. The Bertz CT molecular complexity index is 1510. The summed E-state index contributed by atoms with van der Waals surface area (Å²) in [6.45, 7) is 0. The maximum absolute atomic E-state index is 12.9. The minimum Gasteiger partial charge on any atom is -0.366 e. The van der Waals surface area contributed by atoms with Crippen LogP contribution in [0.2, 0.25) is 0 Å². The lowest BCUT2D eigenvalue weighted by Crippen LogP contribution is -2.14. The van der Waals surface area contributed by atoms with Crippen LogP contribution in [0.3, 0.4) is 0 Å². The second-order valence-electron chi connectivity index (χ2n) is 7.70. The molecule has 5 N–H and O–H groups in total. The fraction of sp³-hybridized carbons (Fsp3) is 0.0385. The van der Waals surface area contributed by atoms with Crippen molar-refractivity contribution < 1.29 is 9.59 Å². The van der Waals surface area contributed by atoms with Gasteiger partial charge in [-0.15, -0.1) is 0 Å². The Kier molecular flexibility index (Phi) is 5.20. The Morgan fingerprint density at radius 1 is 0.970 bits per heavy atom. The Morgan fingerprint density at radius 3 is 2.58 bits per heavy atom. The number of anilines is 1. The Morgan fingerprint density at radius 2 is 1.76 bits per heavy atom. The number of hydrogen-bond acceptors (Lipinski definition) is 3. The summed E-state index contributed by atoms with van der Waals surface area (Å²) in [7, 11) is 0. The molecule has 2 aromatic carbocycles. The number of H-pyrrole nitrogens is 2. The molecule has 2 amide bonds. The van der Waals surface area contributed by atoms with Gasteiger partial charge in [-0.3, -0.25) is 9.59 Å². The van der Waals surface area contributed by atoms with Gasteiger partial charge in [-0.05, 0) is 29.3 Å². The highest BCUT2D eigenvalue weighted by atomic mass is 16.2. The number of para-hydroxylation sites is 1. The van der Waals surface area contributed by atoms with Crippen LogP contribution < -0.4 is 11.1 Å². The number of rotatable bonds is 6. The van der Waals surface area contributed by atoms with Crippen LogP contribution in [0.5, 0.6) is 0 Å².